The van der Waals surface area contributed by atoms with Gasteiger partial charge >= 0.3 is 6.09 Å². The maximum Gasteiger partial charge on any atom is 0.407 e. The number of halogens is 3. The average molecular weight is 400 g/mol. The van der Waals surface area contributed by atoms with E-state index in [4.69, 9.17) is 4.74 Å². The van der Waals surface area contributed by atoms with Crippen LogP contribution in [0.25, 0.3) is 0 Å². The minimum absolute atomic E-state index is 0. The van der Waals surface area contributed by atoms with Gasteiger partial charge < -0.3 is 10.1 Å². The van der Waals surface area contributed by atoms with Crippen molar-refractivity contribution >= 4 is 50.4 Å². The Morgan fingerprint density at radius 2 is 2.06 bits per heavy atom. The summed E-state index contributed by atoms with van der Waals surface area (Å²) in [7, 11) is 0. The molecule has 1 aliphatic heterocycles. The van der Waals surface area contributed by atoms with Crippen LogP contribution in [-0.2, 0) is 4.74 Å². The Morgan fingerprint density at radius 3 is 2.72 bits per heavy atom. The minimum Gasteiger partial charge on any atom is -0.449 e. The molecule has 100 valence electrons. The van der Waals surface area contributed by atoms with Gasteiger partial charge in [-0.15, -0.1) is 12.4 Å². The van der Waals surface area contributed by atoms with E-state index in [1.54, 1.807) is 0 Å². The third kappa shape index (κ3) is 3.19. The van der Waals surface area contributed by atoms with Gasteiger partial charge in [0.2, 0.25) is 0 Å². The van der Waals surface area contributed by atoms with Crippen LogP contribution in [0.15, 0.2) is 27.1 Å². The summed E-state index contributed by atoms with van der Waals surface area (Å²) >= 11 is 6.98. The van der Waals surface area contributed by atoms with Crippen LogP contribution >= 0.6 is 44.3 Å². The topological polar surface area (TPSA) is 38.3 Å². The fourth-order valence-electron chi connectivity index (χ4n) is 1.92. The van der Waals surface area contributed by atoms with Gasteiger partial charge in [0, 0.05) is 14.4 Å². The quantitative estimate of drug-likeness (QED) is 0.758. The van der Waals surface area contributed by atoms with E-state index in [0.717, 1.165) is 14.5 Å². The molecule has 0 bridgehead atoms. The van der Waals surface area contributed by atoms with Gasteiger partial charge in [0.05, 0.1) is 6.04 Å². The number of carbonyl (C=O) groups excluding carboxylic acids is 1. The van der Waals surface area contributed by atoms with E-state index >= 15 is 0 Å². The predicted molar refractivity (Wildman–Crippen MR) is 80.1 cm³/mol. The van der Waals surface area contributed by atoms with Crippen molar-refractivity contribution in [3.8, 4) is 0 Å². The summed E-state index contributed by atoms with van der Waals surface area (Å²) in [5.41, 5.74) is 0.915. The van der Waals surface area contributed by atoms with Gasteiger partial charge in [-0.25, -0.2) is 4.79 Å². The molecule has 0 aliphatic carbocycles. The van der Waals surface area contributed by atoms with Crippen LogP contribution in [0, 0.1) is 5.41 Å². The van der Waals surface area contributed by atoms with Crippen molar-refractivity contribution in [1.29, 1.82) is 0 Å². The standard InChI is InChI=1S/C12H13Br2NO2.ClH/c1-12(2)6-17-11(16)15-10(12)8-5-7(13)3-4-9(8)14;/h3-5,10H,6H2,1-2H3,(H,15,16);1H/t10-;/m1./s1. The van der Waals surface area contributed by atoms with Gasteiger partial charge in [0.25, 0.3) is 0 Å². The minimum atomic E-state index is -0.360. The van der Waals surface area contributed by atoms with Gasteiger partial charge in [0.15, 0.2) is 0 Å². The maximum absolute atomic E-state index is 11.4. The largest absolute Gasteiger partial charge is 0.449 e. The zero-order valence-electron chi connectivity index (χ0n) is 10.00. The Balaban J connectivity index is 0.00000162. The average Bonchev–Trinajstić information content (AvgIpc) is 2.26. The molecule has 1 aromatic carbocycles. The van der Waals surface area contributed by atoms with Crippen molar-refractivity contribution in [3.63, 3.8) is 0 Å². The van der Waals surface area contributed by atoms with E-state index in [1.807, 2.05) is 18.2 Å². The second-order valence-corrected chi connectivity index (χ2v) is 6.58. The molecular formula is C12H14Br2ClNO2. The molecule has 1 N–H and O–H groups in total. The smallest absolute Gasteiger partial charge is 0.407 e. The maximum atomic E-state index is 11.4. The first kappa shape index (κ1) is 15.8. The number of rotatable bonds is 1. The van der Waals surface area contributed by atoms with Crippen molar-refractivity contribution in [1.82, 2.24) is 5.32 Å². The highest BCUT2D eigenvalue weighted by Gasteiger charge is 2.38. The molecule has 1 aromatic rings. The second-order valence-electron chi connectivity index (χ2n) is 4.81. The number of nitrogens with one attached hydrogen (secondary N) is 1. The SMILES string of the molecule is CC1(C)COC(=O)N[C@@H]1c1cc(Br)ccc1Br.Cl. The van der Waals surface area contributed by atoms with Gasteiger partial charge in [-0.3, -0.25) is 0 Å². The number of benzene rings is 1. The molecule has 1 fully saturated rings. The molecule has 0 radical (unpaired) electrons. The first-order valence-corrected chi connectivity index (χ1v) is 6.87. The normalized spacial score (nSPS) is 21.6. The van der Waals surface area contributed by atoms with Crippen LogP contribution < -0.4 is 5.32 Å². The lowest BCUT2D eigenvalue weighted by Crippen LogP contribution is -2.47. The predicted octanol–water partition coefficient (Wildman–Crippen LogP) is 4.44. The van der Waals surface area contributed by atoms with Crippen LogP contribution in [0.1, 0.15) is 25.5 Å². The highest BCUT2D eigenvalue weighted by Crippen LogP contribution is 2.40. The molecule has 0 saturated carbocycles. The van der Waals surface area contributed by atoms with E-state index in [2.05, 4.69) is 51.0 Å². The summed E-state index contributed by atoms with van der Waals surface area (Å²) in [5, 5.41) is 2.88. The Kier molecular flexibility index (Phi) is 5.09. The Hall–Kier alpha value is -0.260. The van der Waals surface area contributed by atoms with Crippen molar-refractivity contribution in [2.24, 2.45) is 5.41 Å². The third-order valence-electron chi connectivity index (χ3n) is 2.89. The fraction of sp³-hybridized carbons (Fsp3) is 0.417. The monoisotopic (exact) mass is 397 g/mol. The lowest BCUT2D eigenvalue weighted by Gasteiger charge is -2.39. The molecule has 0 aromatic heterocycles. The second kappa shape index (κ2) is 5.80. The Bertz CT molecular complexity index is 465. The molecule has 1 heterocycles. The molecular weight excluding hydrogens is 385 g/mol. The number of amides is 1. The molecule has 1 amide bonds. The summed E-state index contributed by atoms with van der Waals surface area (Å²) in [6, 6.07) is 5.89. The van der Waals surface area contributed by atoms with Crippen LogP contribution in [0.5, 0.6) is 0 Å². The van der Waals surface area contributed by atoms with Crippen molar-refractivity contribution in [3.05, 3.63) is 32.7 Å². The molecule has 3 nitrogen and oxygen atoms in total. The molecule has 0 unspecified atom stereocenters. The molecule has 1 atom stereocenters. The van der Waals surface area contributed by atoms with Crippen molar-refractivity contribution in [2.45, 2.75) is 19.9 Å². The van der Waals surface area contributed by atoms with Crippen LogP contribution in [0.2, 0.25) is 0 Å². The summed E-state index contributed by atoms with van der Waals surface area (Å²) in [6.45, 7) is 4.57. The fourth-order valence-corrected chi connectivity index (χ4v) is 2.78. The molecule has 18 heavy (non-hydrogen) atoms. The van der Waals surface area contributed by atoms with Crippen molar-refractivity contribution in [2.75, 3.05) is 6.61 Å². The van der Waals surface area contributed by atoms with E-state index in [-0.39, 0.29) is 30.0 Å². The molecule has 1 aliphatic rings. The number of carbonyl (C=O) groups is 1. The van der Waals surface area contributed by atoms with E-state index in [1.165, 1.54) is 0 Å². The van der Waals surface area contributed by atoms with Crippen LogP contribution in [-0.4, -0.2) is 12.7 Å². The van der Waals surface area contributed by atoms with E-state index in [0.29, 0.717) is 6.61 Å². The Morgan fingerprint density at radius 1 is 1.39 bits per heavy atom. The number of ether oxygens (including phenoxy) is 1. The summed E-state index contributed by atoms with van der Waals surface area (Å²) in [5.74, 6) is 0. The molecule has 0 spiro atoms. The van der Waals surface area contributed by atoms with E-state index in [9.17, 15) is 4.79 Å². The summed E-state index contributed by atoms with van der Waals surface area (Å²) in [6.07, 6.45) is -0.360. The molecule has 2 rings (SSSR count). The van der Waals surface area contributed by atoms with E-state index < -0.39 is 0 Å². The number of alkyl carbamates (subject to hydrolysis) is 1. The molecule has 1 saturated heterocycles. The number of hydrogen-bond acceptors (Lipinski definition) is 2. The Labute approximate surface area is 129 Å². The third-order valence-corrected chi connectivity index (χ3v) is 4.10. The highest BCUT2D eigenvalue weighted by molar-refractivity contribution is 9.11. The van der Waals surface area contributed by atoms with Crippen LogP contribution in [0.3, 0.4) is 0 Å². The number of hydrogen-bond donors (Lipinski definition) is 1. The van der Waals surface area contributed by atoms with Gasteiger partial charge in [-0.2, -0.15) is 0 Å². The van der Waals surface area contributed by atoms with Crippen molar-refractivity contribution < 1.29 is 9.53 Å². The van der Waals surface area contributed by atoms with Gasteiger partial charge in [0.1, 0.15) is 6.61 Å². The first-order chi connectivity index (χ1) is 7.90. The first-order valence-electron chi connectivity index (χ1n) is 5.28. The lowest BCUT2D eigenvalue weighted by molar-refractivity contribution is 0.0385. The van der Waals surface area contributed by atoms with Crippen LogP contribution in [0.4, 0.5) is 4.79 Å². The zero-order valence-corrected chi connectivity index (χ0v) is 14.0. The summed E-state index contributed by atoms with van der Waals surface area (Å²) in [4.78, 5) is 11.4. The summed E-state index contributed by atoms with van der Waals surface area (Å²) < 4.78 is 7.02. The number of cyclic esters (lactones) is 1. The van der Waals surface area contributed by atoms with Gasteiger partial charge in [-0.05, 0) is 23.8 Å². The highest BCUT2D eigenvalue weighted by atomic mass is 79.9. The molecule has 6 heteroatoms. The zero-order chi connectivity index (χ0) is 12.6. The lowest BCUT2D eigenvalue weighted by atomic mass is 9.80. The van der Waals surface area contributed by atoms with Gasteiger partial charge in [-0.1, -0.05) is 45.7 Å².